The van der Waals surface area contributed by atoms with Crippen LogP contribution in [0.15, 0.2) is 17.0 Å². The van der Waals surface area contributed by atoms with Crippen molar-refractivity contribution in [2.24, 2.45) is 5.73 Å². The number of thioether (sulfide) groups is 1. The summed E-state index contributed by atoms with van der Waals surface area (Å²) in [6, 6.07) is 5.78. The Morgan fingerprint density at radius 1 is 0.818 bits per heavy atom. The molecule has 4 atom stereocenters. The zero-order valence-electron chi connectivity index (χ0n) is 19.2. The molecule has 2 saturated carbocycles. The molecule has 2 heterocycles. The number of aromatic nitrogens is 1. The van der Waals surface area contributed by atoms with E-state index in [1.54, 1.807) is 11.8 Å². The van der Waals surface area contributed by atoms with E-state index >= 15 is 0 Å². The Morgan fingerprint density at radius 2 is 1.24 bits per heavy atom. The fourth-order valence-electron chi connectivity index (χ4n) is 4.95. The molecule has 0 amide bonds. The first kappa shape index (κ1) is 28.0. The summed E-state index contributed by atoms with van der Waals surface area (Å²) in [7, 11) is 9.59. The van der Waals surface area contributed by atoms with Gasteiger partial charge in [0.05, 0.1) is 0 Å². The number of halogens is 2. The van der Waals surface area contributed by atoms with Crippen molar-refractivity contribution in [1.82, 2.24) is 4.98 Å². The molecular formula is C23H36Cl2MnN6S-4. The first-order chi connectivity index (χ1) is 16.2. The molecule has 4 rings (SSSR count). The Morgan fingerprint density at radius 3 is 1.67 bits per heavy atom. The molecule has 0 radical (unpaired) electrons. The van der Waals surface area contributed by atoms with E-state index in [0.717, 1.165) is 43.1 Å². The van der Waals surface area contributed by atoms with Crippen molar-refractivity contribution in [1.29, 1.82) is 0 Å². The zero-order chi connectivity index (χ0) is 23.3. The van der Waals surface area contributed by atoms with E-state index in [1.807, 2.05) is 0 Å². The summed E-state index contributed by atoms with van der Waals surface area (Å²) in [4.78, 5) is 6.18. The predicted molar refractivity (Wildman–Crippen MR) is 138 cm³/mol. The third kappa shape index (κ3) is 9.76. The maximum absolute atomic E-state index is 5.74. The van der Waals surface area contributed by atoms with Crippen LogP contribution in [0.3, 0.4) is 0 Å². The standard InChI is InChI=1S/C23H36N6S.2ClH.Mn/c24-9-12-30-19-13-17-15-27-22-7-3-1-5-20(22)25-10-11-26-21-6-2-4-8-23(21)28-16-18(14-19)29-17;;;/h13-14,20-23H,1-12,15-16,24H2;2*1H;/q-4;;;+2/p-2/t20-,21?,22-,23?;;;/m1.../s1. The van der Waals surface area contributed by atoms with E-state index in [4.69, 9.17) is 52.2 Å². The maximum atomic E-state index is 5.74. The van der Waals surface area contributed by atoms with E-state index in [9.17, 15) is 0 Å². The zero-order valence-corrected chi connectivity index (χ0v) is 22.7. The third-order valence-electron chi connectivity index (χ3n) is 6.48. The molecule has 189 valence electrons. The second kappa shape index (κ2) is 16.2. The number of hydrogen-bond acceptors (Lipinski definition) is 3. The number of pyridine rings is 1. The van der Waals surface area contributed by atoms with Gasteiger partial charge in [0.2, 0.25) is 0 Å². The molecule has 2 bridgehead atoms. The first-order valence-electron chi connectivity index (χ1n) is 12.1. The summed E-state index contributed by atoms with van der Waals surface area (Å²) in [6.45, 7) is 3.72. The Hall–Kier alpha value is 0.399. The van der Waals surface area contributed by atoms with Gasteiger partial charge in [-0.15, -0.1) is 24.9 Å². The van der Waals surface area contributed by atoms with Gasteiger partial charge in [-0.2, -0.15) is 37.3 Å². The van der Waals surface area contributed by atoms with Gasteiger partial charge in [-0.1, -0.05) is 51.4 Å². The van der Waals surface area contributed by atoms with Crippen molar-refractivity contribution in [2.75, 3.05) is 25.4 Å². The van der Waals surface area contributed by atoms with Crippen LogP contribution in [0.1, 0.15) is 62.8 Å². The van der Waals surface area contributed by atoms with Crippen LogP contribution in [0.2, 0.25) is 0 Å². The van der Waals surface area contributed by atoms with Gasteiger partial charge in [0.25, 0.3) is 0 Å². The monoisotopic (exact) mass is 553 g/mol. The molecular weight excluding hydrogens is 518 g/mol. The van der Waals surface area contributed by atoms with Crippen LogP contribution in [0.4, 0.5) is 0 Å². The van der Waals surface area contributed by atoms with Gasteiger partial charge >= 0.3 is 33.3 Å². The molecule has 1 aromatic rings. The number of fused-ring (bicyclic) bond motifs is 4. The molecule has 2 N–H and O–H groups in total. The van der Waals surface area contributed by atoms with E-state index in [0.29, 0.717) is 43.8 Å². The molecule has 2 unspecified atom stereocenters. The summed E-state index contributed by atoms with van der Waals surface area (Å²) < 4.78 is 0. The minimum absolute atomic E-state index is 0.00694. The second-order valence-corrected chi connectivity index (χ2v) is 11.9. The topological polar surface area (TPSA) is 95.3 Å². The SMILES string of the molecule is NCCSc1cc2nc(c1)C[N-][C@@H]1CCCC[C@H]1[N-]CC[N-]C1CCCCC1[N-]C2.[Cl][Mn][Cl]. The van der Waals surface area contributed by atoms with Crippen molar-refractivity contribution >= 4 is 32.0 Å². The van der Waals surface area contributed by atoms with Crippen molar-refractivity contribution in [3.05, 3.63) is 44.8 Å². The van der Waals surface area contributed by atoms with Gasteiger partial charge in [0, 0.05) is 28.6 Å². The molecule has 2 aliphatic carbocycles. The van der Waals surface area contributed by atoms with Crippen molar-refractivity contribution in [3.63, 3.8) is 0 Å². The van der Waals surface area contributed by atoms with E-state index < -0.39 is 0 Å². The van der Waals surface area contributed by atoms with Crippen LogP contribution in [0.25, 0.3) is 21.3 Å². The van der Waals surface area contributed by atoms with Gasteiger partial charge < -0.3 is 27.0 Å². The predicted octanol–water partition coefficient (Wildman–Crippen LogP) is 6.64. The van der Waals surface area contributed by atoms with E-state index in [1.165, 1.54) is 43.4 Å². The molecule has 0 spiro atoms. The molecule has 33 heavy (non-hydrogen) atoms. The third-order valence-corrected chi connectivity index (χ3v) is 7.49. The van der Waals surface area contributed by atoms with Crippen molar-refractivity contribution in [3.8, 4) is 0 Å². The van der Waals surface area contributed by atoms with Crippen LogP contribution >= 0.6 is 32.0 Å². The van der Waals surface area contributed by atoms with Gasteiger partial charge in [0.1, 0.15) is 0 Å². The quantitative estimate of drug-likeness (QED) is 0.335. The number of rotatable bonds is 3. The van der Waals surface area contributed by atoms with E-state index in [2.05, 4.69) is 12.1 Å². The summed E-state index contributed by atoms with van der Waals surface area (Å²) in [5.74, 6) is 0.921. The molecule has 2 fully saturated rings. The Bertz CT molecular complexity index is 640. The molecule has 0 aromatic carbocycles. The molecule has 3 aliphatic rings. The Balaban J connectivity index is 0.000000968. The normalized spacial score (nSPS) is 28.8. The van der Waals surface area contributed by atoms with Crippen molar-refractivity contribution in [2.45, 2.75) is 93.5 Å². The Kier molecular flexibility index (Phi) is 13.7. The number of hydrogen-bond donors (Lipinski definition) is 1. The minimum atomic E-state index is 0.00694. The van der Waals surface area contributed by atoms with Crippen LogP contribution in [-0.4, -0.2) is 54.5 Å². The number of nitrogens with zero attached hydrogens (tertiary/aromatic N) is 5. The summed E-state index contributed by atoms with van der Waals surface area (Å²) in [5.41, 5.74) is 7.86. The van der Waals surface area contributed by atoms with Gasteiger partial charge in [0.15, 0.2) is 0 Å². The fraction of sp³-hybridized carbons (Fsp3) is 0.783. The summed E-state index contributed by atoms with van der Waals surface area (Å²) >= 11 is 1.81. The second-order valence-electron chi connectivity index (χ2n) is 8.81. The summed E-state index contributed by atoms with van der Waals surface area (Å²) in [5, 5.41) is 20.2. The fourth-order valence-corrected chi connectivity index (χ4v) is 5.74. The van der Waals surface area contributed by atoms with Crippen LogP contribution in [0.5, 0.6) is 0 Å². The average molecular weight is 554 g/mol. The number of nitrogens with two attached hydrogens (primary N) is 1. The van der Waals surface area contributed by atoms with Gasteiger partial charge in [-0.05, 0) is 12.1 Å². The van der Waals surface area contributed by atoms with Crippen LogP contribution in [0, 0.1) is 0 Å². The van der Waals surface area contributed by atoms with E-state index in [-0.39, 0.29) is 13.1 Å². The molecule has 0 saturated heterocycles. The van der Waals surface area contributed by atoms with Crippen molar-refractivity contribution < 1.29 is 13.1 Å². The summed E-state index contributed by atoms with van der Waals surface area (Å²) in [6.07, 6.45) is 9.71. The van der Waals surface area contributed by atoms with Gasteiger partial charge in [-0.3, -0.25) is 4.98 Å². The molecule has 6 nitrogen and oxygen atoms in total. The Labute approximate surface area is 218 Å². The van der Waals surface area contributed by atoms with Crippen LogP contribution in [-0.2, 0) is 26.2 Å². The molecule has 10 heteroatoms. The first-order valence-corrected chi connectivity index (χ1v) is 16.3. The average Bonchev–Trinajstić information content (AvgIpc) is 2.84. The van der Waals surface area contributed by atoms with Gasteiger partial charge in [-0.25, -0.2) is 0 Å². The van der Waals surface area contributed by atoms with Crippen LogP contribution < -0.4 is 5.73 Å². The molecule has 1 aromatic heterocycles. The molecule has 1 aliphatic heterocycles.